The van der Waals surface area contributed by atoms with Gasteiger partial charge < -0.3 is 26.6 Å². The molecule has 1 unspecified atom stereocenters. The summed E-state index contributed by atoms with van der Waals surface area (Å²) < 4.78 is 38.0. The van der Waals surface area contributed by atoms with Gasteiger partial charge in [0.2, 0.25) is 9.04 Å². The first-order valence-electron chi connectivity index (χ1n) is 10.5. The summed E-state index contributed by atoms with van der Waals surface area (Å²) in [6.45, 7) is 11.3. The molecule has 0 N–H and O–H groups in total. The zero-order valence-corrected chi connectivity index (χ0v) is 24.1. The summed E-state index contributed by atoms with van der Waals surface area (Å²) in [5.74, 6) is 0. The minimum atomic E-state index is -2.62. The van der Waals surface area contributed by atoms with E-state index in [1.54, 1.807) is 35.5 Å². The van der Waals surface area contributed by atoms with Crippen LogP contribution in [0, 0.1) is 0 Å². The van der Waals surface area contributed by atoms with E-state index in [1.165, 1.54) is 0 Å². The van der Waals surface area contributed by atoms with Crippen molar-refractivity contribution in [1.82, 2.24) is 4.57 Å². The van der Waals surface area contributed by atoms with Gasteiger partial charge in [0.05, 0.1) is 8.80 Å². The van der Waals surface area contributed by atoms with Crippen LogP contribution >= 0.6 is 0 Å². The Balaban J connectivity index is 2.89. The monoisotopic (exact) mass is 481 g/mol. The van der Waals surface area contributed by atoms with E-state index < -0.39 is 35.4 Å². The van der Waals surface area contributed by atoms with Crippen LogP contribution in [0.4, 0.5) is 0 Å². The molecule has 1 fully saturated rings. The number of rotatable bonds is 15. The van der Waals surface area contributed by atoms with Gasteiger partial charge in [0.1, 0.15) is 0 Å². The summed E-state index contributed by atoms with van der Waals surface area (Å²) >= 11 is 0. The van der Waals surface area contributed by atoms with Crippen LogP contribution in [-0.4, -0.2) is 93.8 Å². The molecule has 172 valence electrons. The Bertz CT molecular complexity index is 457. The molecule has 1 heterocycles. The van der Waals surface area contributed by atoms with E-state index in [2.05, 4.69) is 30.8 Å². The predicted molar refractivity (Wildman–Crippen MR) is 125 cm³/mol. The molecule has 29 heavy (non-hydrogen) atoms. The van der Waals surface area contributed by atoms with E-state index >= 15 is 0 Å². The first kappa shape index (κ1) is 27.6. The molecule has 1 saturated heterocycles. The Morgan fingerprint density at radius 1 is 0.931 bits per heavy atom. The molecule has 0 saturated carbocycles. The first-order chi connectivity index (χ1) is 13.7. The quantitative estimate of drug-likeness (QED) is 0.333. The highest BCUT2D eigenvalue weighted by atomic mass is 28.4. The maximum Gasteiger partial charge on any atom is 0.500 e. The van der Waals surface area contributed by atoms with Crippen molar-refractivity contribution in [2.45, 2.75) is 69.2 Å². The fraction of sp³-hybridized carbons (Fsp3) is 1.00. The lowest BCUT2D eigenvalue weighted by molar-refractivity contribution is 0.0962. The topological polar surface area (TPSA) is 58.6 Å². The SMILES string of the molecule is CO[Si](CCC(CCCN1CCC[Si]1(OC)OC)(O[Si](C)C)[Si](C)C)(OC)OC. The molecule has 7 nitrogen and oxygen atoms in total. The van der Waals surface area contributed by atoms with E-state index in [4.69, 9.17) is 26.6 Å². The smallest absolute Gasteiger partial charge is 0.415 e. The molecule has 0 amide bonds. The van der Waals surface area contributed by atoms with Gasteiger partial charge in [-0.2, -0.15) is 0 Å². The van der Waals surface area contributed by atoms with Crippen LogP contribution < -0.4 is 0 Å². The van der Waals surface area contributed by atoms with E-state index in [0.29, 0.717) is 0 Å². The van der Waals surface area contributed by atoms with Crippen molar-refractivity contribution in [3.8, 4) is 0 Å². The maximum atomic E-state index is 6.73. The lowest BCUT2D eigenvalue weighted by atomic mass is 10.1. The van der Waals surface area contributed by atoms with E-state index in [1.807, 2.05) is 0 Å². The Morgan fingerprint density at radius 3 is 1.97 bits per heavy atom. The molecule has 0 aromatic rings. The van der Waals surface area contributed by atoms with Crippen molar-refractivity contribution in [3.05, 3.63) is 0 Å². The summed E-state index contributed by atoms with van der Waals surface area (Å²) in [5.41, 5.74) is 0. The van der Waals surface area contributed by atoms with Gasteiger partial charge in [0, 0.05) is 52.9 Å². The summed E-state index contributed by atoms with van der Waals surface area (Å²) in [5, 5.41) is -0.0968. The largest absolute Gasteiger partial charge is 0.500 e. The second kappa shape index (κ2) is 12.6. The van der Waals surface area contributed by atoms with Gasteiger partial charge in [-0.1, -0.05) is 13.1 Å². The van der Waals surface area contributed by atoms with Crippen molar-refractivity contribution in [2.24, 2.45) is 0 Å². The first-order valence-corrected chi connectivity index (χ1v) is 19.3. The number of hydrogen-bond acceptors (Lipinski definition) is 7. The van der Waals surface area contributed by atoms with Crippen molar-refractivity contribution in [2.75, 3.05) is 48.6 Å². The lowest BCUT2D eigenvalue weighted by Gasteiger charge is -2.41. The van der Waals surface area contributed by atoms with Gasteiger partial charge in [-0.25, -0.2) is 0 Å². The highest BCUT2D eigenvalue weighted by molar-refractivity contribution is 6.65. The van der Waals surface area contributed by atoms with E-state index in [9.17, 15) is 0 Å². The Hall–Kier alpha value is 0.588. The zero-order chi connectivity index (χ0) is 22.1. The second-order valence-corrected chi connectivity index (χ2v) is 19.5. The molecular formula is C18H43NO6Si4. The molecule has 0 aliphatic carbocycles. The standard InChI is InChI=1S/C18H43NO6Si4/c1-20-28(21-2)16-11-15-19(28)14-10-12-18(26(6)7,25-27(8)9)13-17-29(22-3,23-4)24-5/h10-17H2,1-9H3. The highest BCUT2D eigenvalue weighted by Crippen LogP contribution is 2.34. The molecule has 2 radical (unpaired) electrons. The van der Waals surface area contributed by atoms with Crippen molar-refractivity contribution >= 4 is 35.4 Å². The third-order valence-corrected chi connectivity index (χ3v) is 16.0. The van der Waals surface area contributed by atoms with Gasteiger partial charge in [0.25, 0.3) is 0 Å². The normalized spacial score (nSPS) is 20.0. The summed E-state index contributed by atoms with van der Waals surface area (Å²) in [6, 6.07) is 1.83. The summed E-state index contributed by atoms with van der Waals surface area (Å²) in [6.07, 6.45) is 4.20. The number of nitrogens with zero attached hydrogens (tertiary/aromatic N) is 1. The van der Waals surface area contributed by atoms with Crippen LogP contribution in [0.25, 0.3) is 0 Å². The Kier molecular flexibility index (Phi) is 12.0. The molecule has 1 aliphatic heterocycles. The molecule has 11 heteroatoms. The van der Waals surface area contributed by atoms with Gasteiger partial charge in [0.15, 0.2) is 0 Å². The van der Waals surface area contributed by atoms with Crippen LogP contribution in [0.3, 0.4) is 0 Å². The molecule has 0 bridgehead atoms. The molecule has 0 aromatic carbocycles. The fourth-order valence-corrected chi connectivity index (χ4v) is 13.1. The minimum Gasteiger partial charge on any atom is -0.415 e. The molecule has 1 aliphatic rings. The highest BCUT2D eigenvalue weighted by Gasteiger charge is 2.48. The van der Waals surface area contributed by atoms with Gasteiger partial charge in [-0.15, -0.1) is 0 Å². The summed E-state index contributed by atoms with van der Waals surface area (Å²) in [4.78, 5) is 0. The van der Waals surface area contributed by atoms with E-state index in [0.717, 1.165) is 50.9 Å². The lowest BCUT2D eigenvalue weighted by Crippen LogP contribution is -2.54. The van der Waals surface area contributed by atoms with E-state index in [-0.39, 0.29) is 5.22 Å². The molecule has 1 rings (SSSR count). The van der Waals surface area contributed by atoms with Crippen molar-refractivity contribution in [1.29, 1.82) is 0 Å². The van der Waals surface area contributed by atoms with Gasteiger partial charge in [-0.3, -0.25) is 4.57 Å². The van der Waals surface area contributed by atoms with Gasteiger partial charge >= 0.3 is 17.5 Å². The molecule has 0 spiro atoms. The maximum absolute atomic E-state index is 6.73. The molecule has 0 aromatic heterocycles. The average molecular weight is 482 g/mol. The third kappa shape index (κ3) is 7.04. The second-order valence-electron chi connectivity index (χ2n) is 8.12. The predicted octanol–water partition coefficient (Wildman–Crippen LogP) is 3.27. The van der Waals surface area contributed by atoms with Crippen LogP contribution in [-0.2, 0) is 26.6 Å². The fourth-order valence-electron chi connectivity index (χ4n) is 4.34. The van der Waals surface area contributed by atoms with Crippen LogP contribution in [0.2, 0.25) is 38.3 Å². The number of hydrogen-bond donors (Lipinski definition) is 0. The Labute approximate surface area is 184 Å². The Morgan fingerprint density at radius 2 is 1.52 bits per heavy atom. The molecular weight excluding hydrogens is 439 g/mol. The van der Waals surface area contributed by atoms with Crippen LogP contribution in [0.1, 0.15) is 25.7 Å². The summed E-state index contributed by atoms with van der Waals surface area (Å²) in [7, 11) is 2.31. The zero-order valence-electron chi connectivity index (χ0n) is 20.1. The third-order valence-electron chi connectivity index (χ3n) is 6.13. The van der Waals surface area contributed by atoms with Crippen LogP contribution in [0.5, 0.6) is 0 Å². The van der Waals surface area contributed by atoms with Crippen molar-refractivity contribution < 1.29 is 26.6 Å². The van der Waals surface area contributed by atoms with Crippen molar-refractivity contribution in [3.63, 3.8) is 0 Å². The minimum absolute atomic E-state index is 0.0968. The molecule has 1 atom stereocenters. The van der Waals surface area contributed by atoms with Crippen LogP contribution in [0.15, 0.2) is 0 Å². The van der Waals surface area contributed by atoms with Gasteiger partial charge in [-0.05, 0) is 51.9 Å². The average Bonchev–Trinajstić information content (AvgIpc) is 3.11.